The van der Waals surface area contributed by atoms with Gasteiger partial charge in [-0.1, -0.05) is 48.2 Å². The minimum absolute atomic E-state index is 0.00571. The third-order valence-electron chi connectivity index (χ3n) is 5.05. The number of carbonyl (C=O) groups excluding carboxylic acids is 1. The van der Waals surface area contributed by atoms with E-state index in [0.29, 0.717) is 12.4 Å². The molecule has 0 aliphatic rings. The molecule has 4 aromatic rings. The lowest BCUT2D eigenvalue weighted by Crippen LogP contribution is -2.30. The number of aromatic nitrogens is 2. The number of ether oxygens (including phenoxy) is 2. The predicted octanol–water partition coefficient (Wildman–Crippen LogP) is 4.88. The molecule has 164 valence electrons. The van der Waals surface area contributed by atoms with Crippen LogP contribution in [0.4, 0.5) is 5.69 Å². The van der Waals surface area contributed by atoms with Gasteiger partial charge in [0.05, 0.1) is 24.8 Å². The molecule has 0 bridgehead atoms. The molecular formula is C25H25N3O3S. The molecule has 4 rings (SSSR count). The van der Waals surface area contributed by atoms with E-state index in [2.05, 4.69) is 0 Å². The summed E-state index contributed by atoms with van der Waals surface area (Å²) in [6.07, 6.45) is 0. The maximum Gasteiger partial charge on any atom is 0.246 e. The van der Waals surface area contributed by atoms with Crippen molar-refractivity contribution in [2.45, 2.75) is 11.7 Å². The molecule has 0 fully saturated rings. The Morgan fingerprint density at radius 2 is 1.75 bits per heavy atom. The van der Waals surface area contributed by atoms with Gasteiger partial charge in [-0.15, -0.1) is 0 Å². The highest BCUT2D eigenvalue weighted by Gasteiger charge is 2.17. The lowest BCUT2D eigenvalue weighted by molar-refractivity contribution is -0.118. The highest BCUT2D eigenvalue weighted by Crippen LogP contribution is 2.25. The number of para-hydroxylation sites is 3. The van der Waals surface area contributed by atoms with Gasteiger partial charge in [0.1, 0.15) is 18.0 Å². The van der Waals surface area contributed by atoms with Crippen molar-refractivity contribution in [1.82, 2.24) is 9.55 Å². The first kappa shape index (κ1) is 21.8. The lowest BCUT2D eigenvalue weighted by Gasteiger charge is -2.18. The smallest absolute Gasteiger partial charge is 0.246 e. The average Bonchev–Trinajstić information content (AvgIpc) is 3.19. The number of thioether (sulfide) groups is 1. The van der Waals surface area contributed by atoms with Crippen molar-refractivity contribution in [1.29, 1.82) is 0 Å². The van der Waals surface area contributed by atoms with Crippen molar-refractivity contribution in [2.75, 3.05) is 31.4 Å². The van der Waals surface area contributed by atoms with Crippen molar-refractivity contribution in [3.05, 3.63) is 78.9 Å². The minimum Gasteiger partial charge on any atom is -0.497 e. The van der Waals surface area contributed by atoms with Gasteiger partial charge in [-0.2, -0.15) is 0 Å². The number of anilines is 1. The molecule has 1 heterocycles. The fourth-order valence-electron chi connectivity index (χ4n) is 3.34. The number of methoxy groups -OCH3 is 1. The van der Waals surface area contributed by atoms with Gasteiger partial charge in [-0.25, -0.2) is 4.98 Å². The monoisotopic (exact) mass is 447 g/mol. The maximum atomic E-state index is 13.0. The van der Waals surface area contributed by atoms with Crippen molar-refractivity contribution in [2.24, 2.45) is 0 Å². The Bertz CT molecular complexity index is 1190. The molecule has 0 aliphatic heterocycles. The zero-order valence-corrected chi connectivity index (χ0v) is 18.9. The van der Waals surface area contributed by atoms with E-state index in [1.54, 1.807) is 30.8 Å². The largest absolute Gasteiger partial charge is 0.497 e. The molecule has 0 N–H and O–H groups in total. The van der Waals surface area contributed by atoms with Crippen LogP contribution >= 0.6 is 11.8 Å². The fourth-order valence-corrected chi connectivity index (χ4v) is 4.17. The third-order valence-corrected chi connectivity index (χ3v) is 6.00. The van der Waals surface area contributed by atoms with Gasteiger partial charge in [0, 0.05) is 24.6 Å². The van der Waals surface area contributed by atoms with Gasteiger partial charge in [0.25, 0.3) is 0 Å². The molecule has 0 unspecified atom stereocenters. The van der Waals surface area contributed by atoms with Crippen LogP contribution in [-0.4, -0.2) is 42.0 Å². The molecule has 0 saturated carbocycles. The van der Waals surface area contributed by atoms with E-state index in [1.807, 2.05) is 83.4 Å². The first-order valence-corrected chi connectivity index (χ1v) is 11.3. The van der Waals surface area contributed by atoms with Crippen LogP contribution in [0.15, 0.2) is 84.0 Å². The highest BCUT2D eigenvalue weighted by atomic mass is 32.2. The van der Waals surface area contributed by atoms with E-state index in [0.717, 1.165) is 33.4 Å². The summed E-state index contributed by atoms with van der Waals surface area (Å²) in [4.78, 5) is 19.4. The van der Waals surface area contributed by atoms with Crippen LogP contribution in [0.3, 0.4) is 0 Å². The van der Waals surface area contributed by atoms with Crippen LogP contribution in [0.5, 0.6) is 11.5 Å². The number of likely N-dealkylation sites (N-methyl/N-ethyl adjacent to an activating group) is 1. The van der Waals surface area contributed by atoms with Crippen LogP contribution in [-0.2, 0) is 11.3 Å². The Labute approximate surface area is 191 Å². The molecule has 7 heteroatoms. The number of carbonyl (C=O) groups is 1. The van der Waals surface area contributed by atoms with Gasteiger partial charge < -0.3 is 18.9 Å². The molecule has 0 radical (unpaired) electrons. The lowest BCUT2D eigenvalue weighted by atomic mass is 10.3. The summed E-state index contributed by atoms with van der Waals surface area (Å²) < 4.78 is 13.1. The van der Waals surface area contributed by atoms with Crippen LogP contribution in [0.25, 0.3) is 11.0 Å². The van der Waals surface area contributed by atoms with E-state index in [1.165, 1.54) is 0 Å². The van der Waals surface area contributed by atoms with Crippen LogP contribution in [0, 0.1) is 0 Å². The zero-order chi connectivity index (χ0) is 22.3. The van der Waals surface area contributed by atoms with E-state index in [-0.39, 0.29) is 12.5 Å². The second kappa shape index (κ2) is 10.2. The number of benzene rings is 3. The quantitative estimate of drug-likeness (QED) is 0.270. The normalized spacial score (nSPS) is 10.8. The van der Waals surface area contributed by atoms with Crippen molar-refractivity contribution >= 4 is 34.4 Å². The van der Waals surface area contributed by atoms with Crippen molar-refractivity contribution in [3.63, 3.8) is 0 Å². The number of nitrogens with zero attached hydrogens (tertiary/aromatic N) is 3. The summed E-state index contributed by atoms with van der Waals surface area (Å²) in [5, 5.41) is 0.801. The van der Waals surface area contributed by atoms with Crippen LogP contribution in [0.2, 0.25) is 0 Å². The van der Waals surface area contributed by atoms with Gasteiger partial charge in [-0.3, -0.25) is 4.79 Å². The maximum absolute atomic E-state index is 13.0. The summed E-state index contributed by atoms with van der Waals surface area (Å²) >= 11 is 1.58. The van der Waals surface area contributed by atoms with Gasteiger partial charge in [0.2, 0.25) is 5.91 Å². The second-order valence-corrected chi connectivity index (χ2v) is 8.20. The molecule has 3 aromatic carbocycles. The molecule has 1 amide bonds. The summed E-state index contributed by atoms with van der Waals surface area (Å²) in [5.41, 5.74) is 2.68. The number of rotatable bonds is 9. The molecule has 0 atom stereocenters. The topological polar surface area (TPSA) is 56.6 Å². The third kappa shape index (κ3) is 5.06. The standard InChI is InChI=1S/C25H25N3O3S/c1-27(19-9-4-3-5-10-19)24(29)18-28-23-14-7-6-13-22(23)26-25(28)32-16-15-31-21-12-8-11-20(17-21)30-2/h3-14,17H,15-16,18H2,1-2H3. The van der Waals surface area contributed by atoms with Crippen molar-refractivity contribution in [3.8, 4) is 11.5 Å². The Morgan fingerprint density at radius 1 is 1.00 bits per heavy atom. The summed E-state index contributed by atoms with van der Waals surface area (Å²) in [7, 11) is 3.43. The number of imidazole rings is 1. The summed E-state index contributed by atoms with van der Waals surface area (Å²) in [5.74, 6) is 2.22. The molecule has 1 aromatic heterocycles. The fraction of sp³-hybridized carbons (Fsp3) is 0.200. The van der Waals surface area contributed by atoms with Gasteiger partial charge in [0.15, 0.2) is 5.16 Å². The highest BCUT2D eigenvalue weighted by molar-refractivity contribution is 7.99. The van der Waals surface area contributed by atoms with E-state index >= 15 is 0 Å². The predicted molar refractivity (Wildman–Crippen MR) is 129 cm³/mol. The first-order valence-electron chi connectivity index (χ1n) is 10.3. The molecule has 6 nitrogen and oxygen atoms in total. The number of hydrogen-bond acceptors (Lipinski definition) is 5. The number of hydrogen-bond donors (Lipinski definition) is 0. The van der Waals surface area contributed by atoms with E-state index < -0.39 is 0 Å². The Balaban J connectivity index is 1.46. The Morgan fingerprint density at radius 3 is 2.56 bits per heavy atom. The van der Waals surface area contributed by atoms with Crippen LogP contribution in [0.1, 0.15) is 0 Å². The molecule has 0 spiro atoms. The zero-order valence-electron chi connectivity index (χ0n) is 18.1. The Kier molecular flexibility index (Phi) is 6.97. The minimum atomic E-state index is -0.00571. The van der Waals surface area contributed by atoms with E-state index in [9.17, 15) is 4.79 Å². The van der Waals surface area contributed by atoms with E-state index in [4.69, 9.17) is 14.5 Å². The molecule has 0 aliphatic carbocycles. The van der Waals surface area contributed by atoms with Crippen LogP contribution < -0.4 is 14.4 Å². The number of fused-ring (bicyclic) bond motifs is 1. The summed E-state index contributed by atoms with van der Waals surface area (Å²) in [6, 6.07) is 25.1. The Hall–Kier alpha value is -3.45. The number of amides is 1. The molecule has 0 saturated heterocycles. The van der Waals surface area contributed by atoms with Crippen molar-refractivity contribution < 1.29 is 14.3 Å². The molecular weight excluding hydrogens is 422 g/mol. The van der Waals surface area contributed by atoms with Gasteiger partial charge in [-0.05, 0) is 36.4 Å². The van der Waals surface area contributed by atoms with Gasteiger partial charge >= 0.3 is 0 Å². The summed E-state index contributed by atoms with van der Waals surface area (Å²) in [6.45, 7) is 0.726. The molecule has 32 heavy (non-hydrogen) atoms. The second-order valence-electron chi connectivity index (χ2n) is 7.13. The average molecular weight is 448 g/mol. The SMILES string of the molecule is COc1cccc(OCCSc2nc3ccccc3n2CC(=O)N(C)c2ccccc2)c1. The first-order chi connectivity index (χ1) is 15.7.